The van der Waals surface area contributed by atoms with E-state index in [4.69, 9.17) is 0 Å². The maximum absolute atomic E-state index is 2.36. The Bertz CT molecular complexity index is 3530. The molecule has 0 N–H and O–H groups in total. The monoisotopic (exact) mass is 1000 g/mol. The van der Waals surface area contributed by atoms with Gasteiger partial charge >= 0.3 is 0 Å². The summed E-state index contributed by atoms with van der Waals surface area (Å²) in [7, 11) is 0. The van der Waals surface area contributed by atoms with Crippen molar-refractivity contribution in [2.45, 2.75) is 13.8 Å². The Kier molecular flexibility index (Phi) is 14.0. The normalized spacial score (nSPS) is 10.9. The highest BCUT2D eigenvalue weighted by Crippen LogP contribution is 2.43. The molecule has 0 aliphatic carbocycles. The number of rotatable bonds is 15. The van der Waals surface area contributed by atoms with Gasteiger partial charge in [-0.3, -0.25) is 0 Å². The Labute approximate surface area is 459 Å². The van der Waals surface area contributed by atoms with E-state index in [0.717, 1.165) is 90.5 Å². The van der Waals surface area contributed by atoms with Crippen LogP contribution in [0, 0.1) is 13.8 Å². The Morgan fingerprint density at radius 3 is 0.564 bits per heavy atom. The molecule has 0 saturated heterocycles. The largest absolute Gasteiger partial charge is 0.311 e. The van der Waals surface area contributed by atoms with E-state index in [2.05, 4.69) is 349 Å². The third kappa shape index (κ3) is 10.3. The molecule has 78 heavy (non-hydrogen) atoms. The summed E-state index contributed by atoms with van der Waals surface area (Å²) in [4.78, 5) is 9.31. The van der Waals surface area contributed by atoms with Gasteiger partial charge in [-0.15, -0.1) is 0 Å². The molecule has 0 bridgehead atoms. The zero-order valence-electron chi connectivity index (χ0n) is 43.8. The van der Waals surface area contributed by atoms with Crippen molar-refractivity contribution in [3.05, 3.63) is 327 Å². The summed E-state index contributed by atoms with van der Waals surface area (Å²) in [6.45, 7) is 4.44. The quantitative estimate of drug-likeness (QED) is 0.101. The molecule has 0 saturated carbocycles. The van der Waals surface area contributed by atoms with E-state index in [0.29, 0.717) is 0 Å². The third-order valence-electron chi connectivity index (χ3n) is 14.5. The topological polar surface area (TPSA) is 13.0 Å². The molecule has 0 aromatic heterocycles. The standard InChI is InChI=1S/C74H58N4/c1-55-53-61(41-51-73(55)77(67-29-17-7-18-30-67)71-47-37-59(38-48-71)57-33-43-69(44-34-57)75(63-21-9-3-10-22-63)64-23-11-4-12-24-64)62-42-52-74(56(2)54-62)78(68-31-19-8-20-32-68)72-49-39-60(40-50-72)58-35-45-70(46-36-58)76(65-25-13-5-14-26-65)66-27-15-6-16-28-66/h3-54H,1-2H3. The lowest BCUT2D eigenvalue weighted by molar-refractivity contribution is 1.24. The van der Waals surface area contributed by atoms with Crippen LogP contribution in [0.25, 0.3) is 33.4 Å². The number of nitrogens with zero attached hydrogens (tertiary/aromatic N) is 4. The van der Waals surface area contributed by atoms with Crippen molar-refractivity contribution in [2.75, 3.05) is 19.6 Å². The summed E-state index contributed by atoms with van der Waals surface area (Å²) in [6, 6.07) is 113. The third-order valence-corrected chi connectivity index (χ3v) is 14.5. The van der Waals surface area contributed by atoms with Crippen molar-refractivity contribution in [1.29, 1.82) is 0 Å². The van der Waals surface area contributed by atoms with Gasteiger partial charge in [0.2, 0.25) is 0 Å². The molecule has 0 aliphatic rings. The Morgan fingerprint density at radius 1 is 0.167 bits per heavy atom. The zero-order chi connectivity index (χ0) is 52.6. The van der Waals surface area contributed by atoms with Gasteiger partial charge in [0.25, 0.3) is 0 Å². The number of para-hydroxylation sites is 6. The van der Waals surface area contributed by atoms with Crippen molar-refractivity contribution in [3.8, 4) is 33.4 Å². The molecule has 12 aromatic rings. The van der Waals surface area contributed by atoms with Crippen LogP contribution in [0.4, 0.5) is 68.2 Å². The van der Waals surface area contributed by atoms with Gasteiger partial charge in [-0.05, 0) is 204 Å². The van der Waals surface area contributed by atoms with Gasteiger partial charge in [0, 0.05) is 68.2 Å². The van der Waals surface area contributed by atoms with Crippen molar-refractivity contribution in [1.82, 2.24) is 0 Å². The molecule has 0 aliphatic heterocycles. The predicted molar refractivity (Wildman–Crippen MR) is 331 cm³/mol. The number of aryl methyl sites for hydroxylation is 2. The van der Waals surface area contributed by atoms with Gasteiger partial charge < -0.3 is 19.6 Å². The molecule has 0 radical (unpaired) electrons. The first-order valence-corrected chi connectivity index (χ1v) is 26.7. The number of hydrogen-bond acceptors (Lipinski definition) is 4. The first-order valence-electron chi connectivity index (χ1n) is 26.7. The molecule has 0 amide bonds. The summed E-state index contributed by atoms with van der Waals surface area (Å²) in [5, 5.41) is 0. The molecule has 4 nitrogen and oxygen atoms in total. The molecule has 12 aromatic carbocycles. The van der Waals surface area contributed by atoms with E-state index in [1.165, 1.54) is 22.3 Å². The van der Waals surface area contributed by atoms with Crippen LogP contribution in [0.1, 0.15) is 11.1 Å². The smallest absolute Gasteiger partial charge is 0.0491 e. The van der Waals surface area contributed by atoms with Crippen molar-refractivity contribution in [3.63, 3.8) is 0 Å². The Balaban J connectivity index is 0.797. The first-order chi connectivity index (χ1) is 38.5. The van der Waals surface area contributed by atoms with Crippen LogP contribution in [-0.2, 0) is 0 Å². The van der Waals surface area contributed by atoms with Crippen LogP contribution >= 0.6 is 0 Å². The highest BCUT2D eigenvalue weighted by molar-refractivity contribution is 5.86. The molecule has 0 fully saturated rings. The molecular formula is C74H58N4. The van der Waals surface area contributed by atoms with Crippen molar-refractivity contribution < 1.29 is 0 Å². The fourth-order valence-electron chi connectivity index (χ4n) is 10.6. The lowest BCUT2D eigenvalue weighted by Gasteiger charge is -2.28. The second-order valence-corrected chi connectivity index (χ2v) is 19.5. The number of anilines is 12. The van der Waals surface area contributed by atoms with E-state index in [-0.39, 0.29) is 0 Å². The first kappa shape index (κ1) is 48.8. The van der Waals surface area contributed by atoms with Crippen LogP contribution in [-0.4, -0.2) is 0 Å². The maximum atomic E-state index is 2.36. The van der Waals surface area contributed by atoms with Crippen LogP contribution in [0.3, 0.4) is 0 Å². The molecule has 374 valence electrons. The van der Waals surface area contributed by atoms with Gasteiger partial charge in [-0.25, -0.2) is 0 Å². The van der Waals surface area contributed by atoms with Crippen LogP contribution in [0.2, 0.25) is 0 Å². The number of hydrogen-bond donors (Lipinski definition) is 0. The highest BCUT2D eigenvalue weighted by atomic mass is 15.2. The molecule has 12 rings (SSSR count). The summed E-state index contributed by atoms with van der Waals surface area (Å²) in [6.07, 6.45) is 0. The minimum absolute atomic E-state index is 1.10. The van der Waals surface area contributed by atoms with Crippen LogP contribution in [0.5, 0.6) is 0 Å². The molecule has 0 heterocycles. The Morgan fingerprint density at radius 2 is 0.346 bits per heavy atom. The van der Waals surface area contributed by atoms with E-state index in [1.807, 2.05) is 0 Å². The minimum atomic E-state index is 1.10. The fourth-order valence-corrected chi connectivity index (χ4v) is 10.6. The summed E-state index contributed by atoms with van der Waals surface area (Å²) in [5.74, 6) is 0. The molecule has 0 unspecified atom stereocenters. The van der Waals surface area contributed by atoms with Gasteiger partial charge in [0.1, 0.15) is 0 Å². The molecule has 4 heteroatoms. The van der Waals surface area contributed by atoms with E-state index in [9.17, 15) is 0 Å². The van der Waals surface area contributed by atoms with E-state index >= 15 is 0 Å². The minimum Gasteiger partial charge on any atom is -0.311 e. The average Bonchev–Trinajstić information content (AvgIpc) is 3.56. The molecule has 0 atom stereocenters. The van der Waals surface area contributed by atoms with Crippen molar-refractivity contribution >= 4 is 68.2 Å². The van der Waals surface area contributed by atoms with Gasteiger partial charge in [0.05, 0.1) is 0 Å². The second-order valence-electron chi connectivity index (χ2n) is 19.5. The van der Waals surface area contributed by atoms with Gasteiger partial charge in [-0.2, -0.15) is 0 Å². The summed E-state index contributed by atoms with van der Waals surface area (Å²) >= 11 is 0. The van der Waals surface area contributed by atoms with E-state index in [1.54, 1.807) is 0 Å². The fraction of sp³-hybridized carbons (Fsp3) is 0.0270. The predicted octanol–water partition coefficient (Wildman–Crippen LogP) is 21.2. The average molecular weight is 1000 g/mol. The lowest BCUT2D eigenvalue weighted by Crippen LogP contribution is -2.11. The van der Waals surface area contributed by atoms with Gasteiger partial charge in [0.15, 0.2) is 0 Å². The maximum Gasteiger partial charge on any atom is 0.0491 e. The lowest BCUT2D eigenvalue weighted by atomic mass is 9.98. The second kappa shape index (κ2) is 22.4. The van der Waals surface area contributed by atoms with E-state index < -0.39 is 0 Å². The highest BCUT2D eigenvalue weighted by Gasteiger charge is 2.20. The van der Waals surface area contributed by atoms with Crippen LogP contribution < -0.4 is 19.6 Å². The van der Waals surface area contributed by atoms with Crippen LogP contribution in [0.15, 0.2) is 315 Å². The Hall–Kier alpha value is -10.2. The molecule has 0 spiro atoms. The number of benzene rings is 12. The zero-order valence-corrected chi connectivity index (χ0v) is 43.8. The molecular weight excluding hydrogens is 945 g/mol. The van der Waals surface area contributed by atoms with Gasteiger partial charge in [-0.1, -0.05) is 170 Å². The summed E-state index contributed by atoms with van der Waals surface area (Å²) in [5.41, 5.74) is 22.7. The summed E-state index contributed by atoms with van der Waals surface area (Å²) < 4.78 is 0. The SMILES string of the molecule is Cc1cc(-c2ccc(N(c3ccccc3)c3ccc(-c4ccc(N(c5ccccc5)c5ccccc5)cc4)cc3)c(C)c2)ccc1N(c1ccccc1)c1ccc(-c2ccc(N(c3ccccc3)c3ccccc3)cc2)cc1. The van der Waals surface area contributed by atoms with Crippen molar-refractivity contribution in [2.24, 2.45) is 0 Å².